The maximum atomic E-state index is 5.69. The van der Waals surface area contributed by atoms with Crippen molar-refractivity contribution in [2.45, 2.75) is 20.0 Å². The summed E-state index contributed by atoms with van der Waals surface area (Å²) in [5.74, 6) is 2.17. The number of anilines is 1. The fraction of sp³-hybridized carbons (Fsp3) is 0.286. The zero-order valence-electron chi connectivity index (χ0n) is 10.7. The lowest BCUT2D eigenvalue weighted by atomic mass is 10.2. The normalized spacial score (nSPS) is 10.1. The number of ether oxygens (including phenoxy) is 1. The fourth-order valence-electron chi connectivity index (χ4n) is 1.56. The third-order valence-corrected chi connectivity index (χ3v) is 2.55. The van der Waals surface area contributed by atoms with Crippen molar-refractivity contribution in [1.29, 1.82) is 0 Å². The molecule has 0 aliphatic rings. The molecule has 1 N–H and O–H groups in total. The van der Waals surface area contributed by atoms with Crippen molar-refractivity contribution in [3.05, 3.63) is 47.8 Å². The molecule has 18 heavy (non-hydrogen) atoms. The van der Waals surface area contributed by atoms with E-state index in [9.17, 15) is 0 Å². The van der Waals surface area contributed by atoms with Crippen molar-refractivity contribution in [1.82, 2.24) is 9.97 Å². The van der Waals surface area contributed by atoms with Crippen LogP contribution in [0.25, 0.3) is 0 Å². The van der Waals surface area contributed by atoms with E-state index in [1.165, 1.54) is 0 Å². The van der Waals surface area contributed by atoms with Gasteiger partial charge in [0.05, 0.1) is 0 Å². The Labute approximate surface area is 107 Å². The van der Waals surface area contributed by atoms with Gasteiger partial charge in [-0.25, -0.2) is 4.98 Å². The zero-order chi connectivity index (χ0) is 12.8. The molecule has 2 aromatic rings. The van der Waals surface area contributed by atoms with Gasteiger partial charge < -0.3 is 10.1 Å². The quantitative estimate of drug-likeness (QED) is 0.877. The van der Waals surface area contributed by atoms with Gasteiger partial charge in [-0.2, -0.15) is 4.98 Å². The molecule has 0 saturated heterocycles. The minimum atomic E-state index is 0.518. The molecule has 0 amide bonds. The van der Waals surface area contributed by atoms with Gasteiger partial charge >= 0.3 is 0 Å². The Hall–Kier alpha value is -2.10. The minimum absolute atomic E-state index is 0.518. The predicted molar refractivity (Wildman–Crippen MR) is 71.7 cm³/mol. The molecule has 4 nitrogen and oxygen atoms in total. The van der Waals surface area contributed by atoms with E-state index in [1.807, 2.05) is 50.4 Å². The number of aromatic nitrogens is 2. The van der Waals surface area contributed by atoms with Crippen molar-refractivity contribution in [3.63, 3.8) is 0 Å². The molecule has 0 saturated carbocycles. The lowest BCUT2D eigenvalue weighted by Gasteiger charge is -2.08. The predicted octanol–water partition coefficient (Wildman–Crippen LogP) is 2.66. The SMILES string of the molecule is CCc1nc(NC)cc(OCc2ccccc2)n1. The summed E-state index contributed by atoms with van der Waals surface area (Å²) in [7, 11) is 1.84. The second-order valence-electron chi connectivity index (χ2n) is 3.89. The largest absolute Gasteiger partial charge is 0.473 e. The summed E-state index contributed by atoms with van der Waals surface area (Å²) in [6, 6.07) is 11.8. The Bertz CT molecular complexity index is 477. The molecule has 0 unspecified atom stereocenters. The summed E-state index contributed by atoms with van der Waals surface area (Å²) in [6.45, 7) is 2.54. The molecule has 0 atom stereocenters. The highest BCUT2D eigenvalue weighted by Crippen LogP contribution is 2.15. The Balaban J connectivity index is 2.09. The van der Waals surface area contributed by atoms with Gasteiger partial charge in [0.1, 0.15) is 18.2 Å². The fourth-order valence-corrected chi connectivity index (χ4v) is 1.56. The highest BCUT2D eigenvalue weighted by atomic mass is 16.5. The average molecular weight is 243 g/mol. The van der Waals surface area contributed by atoms with Crippen LogP contribution >= 0.6 is 0 Å². The van der Waals surface area contributed by atoms with Crippen LogP contribution in [-0.2, 0) is 13.0 Å². The van der Waals surface area contributed by atoms with E-state index in [0.29, 0.717) is 12.5 Å². The molecule has 0 bridgehead atoms. The minimum Gasteiger partial charge on any atom is -0.473 e. The van der Waals surface area contributed by atoms with Crippen molar-refractivity contribution < 1.29 is 4.74 Å². The van der Waals surface area contributed by atoms with Gasteiger partial charge in [-0.1, -0.05) is 37.3 Å². The van der Waals surface area contributed by atoms with E-state index >= 15 is 0 Å². The highest BCUT2D eigenvalue weighted by Gasteiger charge is 2.03. The van der Waals surface area contributed by atoms with Crippen LogP contribution in [0.3, 0.4) is 0 Å². The second kappa shape index (κ2) is 6.00. The lowest BCUT2D eigenvalue weighted by molar-refractivity contribution is 0.292. The highest BCUT2D eigenvalue weighted by molar-refractivity contribution is 5.37. The molecular weight excluding hydrogens is 226 g/mol. The molecule has 0 fully saturated rings. The summed E-state index contributed by atoms with van der Waals surface area (Å²) < 4.78 is 5.69. The maximum absolute atomic E-state index is 5.69. The molecule has 4 heteroatoms. The molecule has 0 aliphatic carbocycles. The van der Waals surface area contributed by atoms with E-state index in [2.05, 4.69) is 15.3 Å². The monoisotopic (exact) mass is 243 g/mol. The first kappa shape index (κ1) is 12.4. The second-order valence-corrected chi connectivity index (χ2v) is 3.89. The van der Waals surface area contributed by atoms with Crippen molar-refractivity contribution in [2.24, 2.45) is 0 Å². The van der Waals surface area contributed by atoms with Crippen LogP contribution in [0, 0.1) is 0 Å². The molecule has 1 aromatic carbocycles. The van der Waals surface area contributed by atoms with E-state index < -0.39 is 0 Å². The summed E-state index contributed by atoms with van der Waals surface area (Å²) in [5, 5.41) is 3.01. The van der Waals surface area contributed by atoms with Crippen LogP contribution in [0.5, 0.6) is 5.88 Å². The summed E-state index contributed by atoms with van der Waals surface area (Å²) in [4.78, 5) is 8.66. The van der Waals surface area contributed by atoms with Gasteiger partial charge in [0, 0.05) is 19.5 Å². The smallest absolute Gasteiger partial charge is 0.219 e. The number of rotatable bonds is 5. The molecule has 2 rings (SSSR count). The number of nitrogens with one attached hydrogen (secondary N) is 1. The Kier molecular flexibility index (Phi) is 4.12. The van der Waals surface area contributed by atoms with Crippen molar-refractivity contribution in [3.8, 4) is 5.88 Å². The number of aryl methyl sites for hydroxylation is 1. The van der Waals surface area contributed by atoms with Crippen LogP contribution in [-0.4, -0.2) is 17.0 Å². The first-order valence-electron chi connectivity index (χ1n) is 6.04. The molecule has 0 aliphatic heterocycles. The van der Waals surface area contributed by atoms with Gasteiger partial charge in [-0.15, -0.1) is 0 Å². The Morgan fingerprint density at radius 3 is 2.61 bits per heavy atom. The number of benzene rings is 1. The van der Waals surface area contributed by atoms with Crippen LogP contribution < -0.4 is 10.1 Å². The lowest BCUT2D eigenvalue weighted by Crippen LogP contribution is -2.03. The Morgan fingerprint density at radius 2 is 1.94 bits per heavy atom. The number of hydrogen-bond donors (Lipinski definition) is 1. The van der Waals surface area contributed by atoms with Crippen molar-refractivity contribution in [2.75, 3.05) is 12.4 Å². The van der Waals surface area contributed by atoms with E-state index in [0.717, 1.165) is 23.6 Å². The molecule has 1 aromatic heterocycles. The topological polar surface area (TPSA) is 47.0 Å². The van der Waals surface area contributed by atoms with Crippen LogP contribution in [0.15, 0.2) is 36.4 Å². The Morgan fingerprint density at radius 1 is 1.17 bits per heavy atom. The maximum Gasteiger partial charge on any atom is 0.219 e. The third kappa shape index (κ3) is 3.20. The zero-order valence-corrected chi connectivity index (χ0v) is 10.7. The number of nitrogens with zero attached hydrogens (tertiary/aromatic N) is 2. The standard InChI is InChI=1S/C14H17N3O/c1-3-12-16-13(15-2)9-14(17-12)18-10-11-7-5-4-6-8-11/h4-9H,3,10H2,1-2H3,(H,15,16,17). The van der Waals surface area contributed by atoms with Crippen LogP contribution in [0.4, 0.5) is 5.82 Å². The van der Waals surface area contributed by atoms with Crippen molar-refractivity contribution >= 4 is 5.82 Å². The van der Waals surface area contributed by atoms with Gasteiger partial charge in [0.25, 0.3) is 0 Å². The number of hydrogen-bond acceptors (Lipinski definition) is 4. The summed E-state index contributed by atoms with van der Waals surface area (Å²) >= 11 is 0. The third-order valence-electron chi connectivity index (χ3n) is 2.55. The van der Waals surface area contributed by atoms with Gasteiger partial charge in [0.15, 0.2) is 0 Å². The summed E-state index contributed by atoms with van der Waals surface area (Å²) in [5.41, 5.74) is 1.13. The molecular formula is C14H17N3O. The van der Waals surface area contributed by atoms with E-state index in [1.54, 1.807) is 0 Å². The molecule has 1 heterocycles. The van der Waals surface area contributed by atoms with Gasteiger partial charge in [-0.05, 0) is 5.56 Å². The molecule has 0 radical (unpaired) electrons. The molecule has 94 valence electrons. The van der Waals surface area contributed by atoms with Gasteiger partial charge in [-0.3, -0.25) is 0 Å². The summed E-state index contributed by atoms with van der Waals surface area (Å²) in [6.07, 6.45) is 0.789. The van der Waals surface area contributed by atoms with E-state index in [4.69, 9.17) is 4.74 Å². The van der Waals surface area contributed by atoms with Crippen LogP contribution in [0.2, 0.25) is 0 Å². The molecule has 0 spiro atoms. The average Bonchev–Trinajstić information content (AvgIpc) is 2.45. The van der Waals surface area contributed by atoms with Crippen LogP contribution in [0.1, 0.15) is 18.3 Å². The first-order valence-corrected chi connectivity index (χ1v) is 6.04. The van der Waals surface area contributed by atoms with E-state index in [-0.39, 0.29) is 0 Å². The first-order chi connectivity index (χ1) is 8.81. The van der Waals surface area contributed by atoms with Gasteiger partial charge in [0.2, 0.25) is 5.88 Å².